The molecule has 76 valence electrons. The van der Waals surface area contributed by atoms with Crippen LogP contribution in [0.2, 0.25) is 0 Å². The van der Waals surface area contributed by atoms with Gasteiger partial charge in [0.25, 0.3) is 0 Å². The van der Waals surface area contributed by atoms with E-state index < -0.39 is 0 Å². The molecule has 3 nitrogen and oxygen atoms in total. The summed E-state index contributed by atoms with van der Waals surface area (Å²) in [5, 5.41) is 3.40. The van der Waals surface area contributed by atoms with Gasteiger partial charge in [-0.1, -0.05) is 6.92 Å². The first-order valence-electron chi connectivity index (χ1n) is 4.98. The summed E-state index contributed by atoms with van der Waals surface area (Å²) in [5.74, 6) is 0.490. The molecule has 0 radical (unpaired) electrons. The topological polar surface area (TPSA) is 55.1 Å². The highest BCUT2D eigenvalue weighted by atomic mass is 16.1. The van der Waals surface area contributed by atoms with Crippen molar-refractivity contribution in [1.29, 1.82) is 0 Å². The minimum Gasteiger partial charge on any atom is -0.369 e. The van der Waals surface area contributed by atoms with E-state index in [9.17, 15) is 4.79 Å². The number of hydrogen-bond acceptors (Lipinski definition) is 2. The summed E-state index contributed by atoms with van der Waals surface area (Å²) in [4.78, 5) is 10.8. The highest BCUT2D eigenvalue weighted by Crippen LogP contribution is 2.39. The first kappa shape index (κ1) is 10.5. The van der Waals surface area contributed by atoms with E-state index in [2.05, 4.69) is 19.2 Å². The Balaban J connectivity index is 2.28. The molecule has 0 aromatic carbocycles. The first-order valence-corrected chi connectivity index (χ1v) is 4.98. The number of carbonyl (C=O) groups excluding carboxylic acids is 1. The number of nitrogens with two attached hydrogens (primary N) is 1. The third-order valence-electron chi connectivity index (χ3n) is 2.95. The third kappa shape index (κ3) is 2.99. The Kier molecular flexibility index (Phi) is 2.96. The summed E-state index contributed by atoms with van der Waals surface area (Å²) in [7, 11) is 0. The SMILES string of the molecule is CC(CNC(C)(C)C1CC1)C(N)=O. The van der Waals surface area contributed by atoms with Crippen LogP contribution in [0.3, 0.4) is 0 Å². The second kappa shape index (κ2) is 3.66. The molecule has 3 N–H and O–H groups in total. The van der Waals surface area contributed by atoms with Gasteiger partial charge in [-0.3, -0.25) is 4.79 Å². The maximum atomic E-state index is 10.8. The van der Waals surface area contributed by atoms with Crippen molar-refractivity contribution in [2.45, 2.75) is 39.2 Å². The largest absolute Gasteiger partial charge is 0.369 e. The minimum absolute atomic E-state index is 0.0713. The molecule has 1 amide bonds. The number of carbonyl (C=O) groups is 1. The summed E-state index contributed by atoms with van der Waals surface area (Å²) >= 11 is 0. The fourth-order valence-electron chi connectivity index (χ4n) is 1.47. The fraction of sp³-hybridized carbons (Fsp3) is 0.900. The van der Waals surface area contributed by atoms with Gasteiger partial charge in [0.2, 0.25) is 5.91 Å². The van der Waals surface area contributed by atoms with E-state index in [1.807, 2.05) is 6.92 Å². The van der Waals surface area contributed by atoms with Crippen LogP contribution in [0.25, 0.3) is 0 Å². The minimum atomic E-state index is -0.223. The molecule has 1 atom stereocenters. The monoisotopic (exact) mass is 184 g/mol. The Hall–Kier alpha value is -0.570. The molecule has 0 heterocycles. The Labute approximate surface area is 80.1 Å². The summed E-state index contributed by atoms with van der Waals surface area (Å²) < 4.78 is 0. The molecule has 1 rings (SSSR count). The van der Waals surface area contributed by atoms with E-state index in [0.29, 0.717) is 6.54 Å². The number of primary amides is 1. The summed E-state index contributed by atoms with van der Waals surface area (Å²) in [6.45, 7) is 6.94. The maximum absolute atomic E-state index is 10.8. The Bertz CT molecular complexity index is 197. The van der Waals surface area contributed by atoms with Gasteiger partial charge in [-0.2, -0.15) is 0 Å². The van der Waals surface area contributed by atoms with E-state index in [1.165, 1.54) is 12.8 Å². The lowest BCUT2D eigenvalue weighted by Gasteiger charge is -2.27. The van der Waals surface area contributed by atoms with E-state index >= 15 is 0 Å². The second-order valence-corrected chi connectivity index (χ2v) is 4.68. The van der Waals surface area contributed by atoms with E-state index in [4.69, 9.17) is 5.73 Å². The summed E-state index contributed by atoms with van der Waals surface area (Å²) in [6, 6.07) is 0. The molecule has 0 aliphatic heterocycles. The van der Waals surface area contributed by atoms with Crippen LogP contribution in [0.1, 0.15) is 33.6 Å². The number of nitrogens with one attached hydrogen (secondary N) is 1. The average molecular weight is 184 g/mol. The predicted molar refractivity (Wildman–Crippen MR) is 53.2 cm³/mol. The Morgan fingerprint density at radius 3 is 2.54 bits per heavy atom. The normalized spacial score (nSPS) is 19.9. The zero-order valence-corrected chi connectivity index (χ0v) is 8.76. The van der Waals surface area contributed by atoms with Crippen LogP contribution in [0.15, 0.2) is 0 Å². The maximum Gasteiger partial charge on any atom is 0.221 e. The predicted octanol–water partition coefficient (Wildman–Crippen LogP) is 0.886. The smallest absolute Gasteiger partial charge is 0.221 e. The van der Waals surface area contributed by atoms with E-state index in [-0.39, 0.29) is 17.4 Å². The lowest BCUT2D eigenvalue weighted by molar-refractivity contribution is -0.121. The van der Waals surface area contributed by atoms with Gasteiger partial charge in [-0.05, 0) is 32.6 Å². The van der Waals surface area contributed by atoms with E-state index in [1.54, 1.807) is 0 Å². The number of amides is 1. The zero-order chi connectivity index (χ0) is 10.1. The van der Waals surface area contributed by atoms with Crippen molar-refractivity contribution in [2.75, 3.05) is 6.54 Å². The molecule has 1 unspecified atom stereocenters. The van der Waals surface area contributed by atoms with Gasteiger partial charge in [0.1, 0.15) is 0 Å². The standard InChI is InChI=1S/C10H20N2O/c1-7(9(11)13)6-12-10(2,3)8-4-5-8/h7-8,12H,4-6H2,1-3H3,(H2,11,13). The second-order valence-electron chi connectivity index (χ2n) is 4.68. The van der Waals surface area contributed by atoms with Crippen molar-refractivity contribution in [1.82, 2.24) is 5.32 Å². The van der Waals surface area contributed by atoms with Gasteiger partial charge < -0.3 is 11.1 Å². The van der Waals surface area contributed by atoms with E-state index in [0.717, 1.165) is 5.92 Å². The van der Waals surface area contributed by atoms with Crippen molar-refractivity contribution < 1.29 is 4.79 Å². The molecule has 3 heteroatoms. The van der Waals surface area contributed by atoms with Gasteiger partial charge in [-0.15, -0.1) is 0 Å². The van der Waals surface area contributed by atoms with Crippen molar-refractivity contribution in [3.05, 3.63) is 0 Å². The third-order valence-corrected chi connectivity index (χ3v) is 2.95. The van der Waals surface area contributed by atoms with Crippen LogP contribution in [0.4, 0.5) is 0 Å². The quantitative estimate of drug-likeness (QED) is 0.666. The van der Waals surface area contributed by atoms with Gasteiger partial charge in [-0.25, -0.2) is 0 Å². The molecule has 0 aromatic heterocycles. The number of hydrogen-bond donors (Lipinski definition) is 2. The molecule has 0 bridgehead atoms. The number of rotatable bonds is 5. The van der Waals surface area contributed by atoms with Crippen molar-refractivity contribution >= 4 is 5.91 Å². The van der Waals surface area contributed by atoms with Crippen LogP contribution in [0, 0.1) is 11.8 Å². The molecule has 1 aliphatic rings. The van der Waals surface area contributed by atoms with Crippen molar-refractivity contribution in [3.63, 3.8) is 0 Å². The average Bonchev–Trinajstić information content (AvgIpc) is 2.81. The molecule has 1 fully saturated rings. The molecular formula is C10H20N2O. The van der Waals surface area contributed by atoms with Crippen molar-refractivity contribution in [2.24, 2.45) is 17.6 Å². The molecule has 1 aliphatic carbocycles. The molecular weight excluding hydrogens is 164 g/mol. The van der Waals surface area contributed by atoms with Gasteiger partial charge >= 0.3 is 0 Å². The molecule has 0 saturated heterocycles. The van der Waals surface area contributed by atoms with Crippen LogP contribution < -0.4 is 11.1 Å². The van der Waals surface area contributed by atoms with Gasteiger partial charge in [0, 0.05) is 18.0 Å². The summed E-state index contributed by atoms with van der Waals surface area (Å²) in [6.07, 6.45) is 2.62. The zero-order valence-electron chi connectivity index (χ0n) is 8.76. The van der Waals surface area contributed by atoms with Crippen LogP contribution in [-0.2, 0) is 4.79 Å². The highest BCUT2D eigenvalue weighted by Gasteiger charge is 2.37. The Morgan fingerprint density at radius 2 is 2.15 bits per heavy atom. The van der Waals surface area contributed by atoms with Gasteiger partial charge in [0.05, 0.1) is 0 Å². The highest BCUT2D eigenvalue weighted by molar-refractivity contribution is 5.76. The van der Waals surface area contributed by atoms with Crippen LogP contribution in [-0.4, -0.2) is 18.0 Å². The fourth-order valence-corrected chi connectivity index (χ4v) is 1.47. The Morgan fingerprint density at radius 1 is 1.62 bits per heavy atom. The first-order chi connectivity index (χ1) is 5.93. The lowest BCUT2D eigenvalue weighted by atomic mass is 9.97. The van der Waals surface area contributed by atoms with Crippen LogP contribution >= 0.6 is 0 Å². The van der Waals surface area contributed by atoms with Crippen LogP contribution in [0.5, 0.6) is 0 Å². The van der Waals surface area contributed by atoms with Crippen molar-refractivity contribution in [3.8, 4) is 0 Å². The lowest BCUT2D eigenvalue weighted by Crippen LogP contribution is -2.45. The molecule has 1 saturated carbocycles. The summed E-state index contributed by atoms with van der Waals surface area (Å²) in [5.41, 5.74) is 5.35. The molecule has 0 aromatic rings. The molecule has 13 heavy (non-hydrogen) atoms. The van der Waals surface area contributed by atoms with Gasteiger partial charge in [0.15, 0.2) is 0 Å². The molecule has 0 spiro atoms.